The van der Waals surface area contributed by atoms with Gasteiger partial charge in [-0.1, -0.05) is 21.1 Å². The topological polar surface area (TPSA) is 97.1 Å². The van der Waals surface area contributed by atoms with E-state index in [1.54, 1.807) is 13.0 Å². The molecule has 2 aromatic rings. The van der Waals surface area contributed by atoms with Crippen molar-refractivity contribution < 1.29 is 14.7 Å². The number of nitrogens with zero attached hydrogens (tertiary/aromatic N) is 3. The molecule has 1 amide bonds. The van der Waals surface area contributed by atoms with Gasteiger partial charge in [-0.2, -0.15) is 0 Å². The highest BCUT2D eigenvalue weighted by atomic mass is 79.9. The SMILES string of the molecule is Cc1cc(Br)ccc1NC(=O)Cn1nnc(C(=O)O)c1C. The lowest BCUT2D eigenvalue weighted by molar-refractivity contribution is -0.117. The number of aromatic nitrogens is 3. The van der Waals surface area contributed by atoms with Gasteiger partial charge in [-0.15, -0.1) is 5.10 Å². The Hall–Kier alpha value is -2.22. The average molecular weight is 353 g/mol. The molecule has 0 aliphatic carbocycles. The molecule has 0 unspecified atom stereocenters. The van der Waals surface area contributed by atoms with Gasteiger partial charge in [-0.3, -0.25) is 4.79 Å². The number of carbonyl (C=O) groups is 2. The number of carbonyl (C=O) groups excluding carboxylic acids is 1. The quantitative estimate of drug-likeness (QED) is 0.876. The highest BCUT2D eigenvalue weighted by Gasteiger charge is 2.17. The highest BCUT2D eigenvalue weighted by Crippen LogP contribution is 2.20. The number of carboxylic acids is 1. The number of aromatic carboxylic acids is 1. The number of hydrogen-bond acceptors (Lipinski definition) is 4. The Morgan fingerprint density at radius 2 is 2.10 bits per heavy atom. The Labute approximate surface area is 129 Å². The van der Waals surface area contributed by atoms with E-state index in [0.717, 1.165) is 10.0 Å². The predicted molar refractivity (Wildman–Crippen MR) is 79.2 cm³/mol. The van der Waals surface area contributed by atoms with Crippen LogP contribution >= 0.6 is 15.9 Å². The maximum absolute atomic E-state index is 12.0. The third-order valence-electron chi connectivity index (χ3n) is 2.94. The number of anilines is 1. The maximum Gasteiger partial charge on any atom is 0.358 e. The number of carboxylic acid groups (broad SMARTS) is 1. The van der Waals surface area contributed by atoms with Crippen molar-refractivity contribution in [3.05, 3.63) is 39.6 Å². The molecule has 0 radical (unpaired) electrons. The molecule has 0 saturated carbocycles. The molecule has 8 heteroatoms. The molecular weight excluding hydrogens is 340 g/mol. The largest absolute Gasteiger partial charge is 0.476 e. The zero-order chi connectivity index (χ0) is 15.6. The van der Waals surface area contributed by atoms with Gasteiger partial charge in [0.15, 0.2) is 5.69 Å². The summed E-state index contributed by atoms with van der Waals surface area (Å²) in [6, 6.07) is 5.50. The molecule has 2 rings (SSSR count). The van der Waals surface area contributed by atoms with Crippen LogP contribution in [-0.2, 0) is 11.3 Å². The van der Waals surface area contributed by atoms with E-state index in [2.05, 4.69) is 31.6 Å². The molecule has 0 bridgehead atoms. The van der Waals surface area contributed by atoms with E-state index >= 15 is 0 Å². The molecule has 0 saturated heterocycles. The summed E-state index contributed by atoms with van der Waals surface area (Å²) in [6.07, 6.45) is 0. The second kappa shape index (κ2) is 6.04. The van der Waals surface area contributed by atoms with Crippen molar-refractivity contribution in [2.75, 3.05) is 5.32 Å². The first-order valence-electron chi connectivity index (χ1n) is 6.08. The fourth-order valence-electron chi connectivity index (χ4n) is 1.80. The lowest BCUT2D eigenvalue weighted by Crippen LogP contribution is -2.21. The van der Waals surface area contributed by atoms with Gasteiger partial charge in [0.2, 0.25) is 5.91 Å². The third-order valence-corrected chi connectivity index (χ3v) is 3.43. The number of hydrogen-bond donors (Lipinski definition) is 2. The Balaban J connectivity index is 2.10. The van der Waals surface area contributed by atoms with Crippen LogP contribution in [-0.4, -0.2) is 32.0 Å². The van der Waals surface area contributed by atoms with Crippen molar-refractivity contribution in [3.63, 3.8) is 0 Å². The summed E-state index contributed by atoms with van der Waals surface area (Å²) >= 11 is 3.35. The molecule has 2 N–H and O–H groups in total. The van der Waals surface area contributed by atoms with Crippen molar-refractivity contribution in [2.45, 2.75) is 20.4 Å². The van der Waals surface area contributed by atoms with Crippen LogP contribution < -0.4 is 5.32 Å². The summed E-state index contributed by atoms with van der Waals surface area (Å²) in [7, 11) is 0. The van der Waals surface area contributed by atoms with E-state index in [0.29, 0.717) is 11.4 Å². The summed E-state index contributed by atoms with van der Waals surface area (Å²) in [5.74, 6) is -1.46. The first kappa shape index (κ1) is 15.2. The molecular formula is C13H13BrN4O3. The predicted octanol–water partition coefficient (Wildman–Crippen LogP) is 1.99. The van der Waals surface area contributed by atoms with Crippen LogP contribution in [0.15, 0.2) is 22.7 Å². The molecule has 7 nitrogen and oxygen atoms in total. The maximum atomic E-state index is 12.0. The number of halogens is 1. The molecule has 21 heavy (non-hydrogen) atoms. The van der Waals surface area contributed by atoms with Crippen molar-refractivity contribution in [1.29, 1.82) is 0 Å². The van der Waals surface area contributed by atoms with E-state index < -0.39 is 5.97 Å². The fourth-order valence-corrected chi connectivity index (χ4v) is 2.28. The normalized spacial score (nSPS) is 10.4. The van der Waals surface area contributed by atoms with Gasteiger partial charge in [-0.05, 0) is 37.6 Å². The van der Waals surface area contributed by atoms with Crippen LogP contribution in [0.5, 0.6) is 0 Å². The zero-order valence-corrected chi connectivity index (χ0v) is 13.0. The summed E-state index contributed by atoms with van der Waals surface area (Å²) < 4.78 is 2.18. The van der Waals surface area contributed by atoms with Crippen molar-refractivity contribution in [1.82, 2.24) is 15.0 Å². The zero-order valence-electron chi connectivity index (χ0n) is 11.4. The van der Waals surface area contributed by atoms with Crippen LogP contribution in [0.1, 0.15) is 21.7 Å². The average Bonchev–Trinajstić information content (AvgIpc) is 2.74. The van der Waals surface area contributed by atoms with Crippen molar-refractivity contribution in [3.8, 4) is 0 Å². The van der Waals surface area contributed by atoms with Crippen molar-refractivity contribution in [2.24, 2.45) is 0 Å². The minimum atomic E-state index is -1.16. The van der Waals surface area contributed by atoms with Gasteiger partial charge in [0.1, 0.15) is 6.54 Å². The molecule has 110 valence electrons. The highest BCUT2D eigenvalue weighted by molar-refractivity contribution is 9.10. The van der Waals surface area contributed by atoms with Crippen LogP contribution in [0, 0.1) is 13.8 Å². The molecule has 0 spiro atoms. The second-order valence-corrected chi connectivity index (χ2v) is 5.41. The molecule has 0 atom stereocenters. The van der Waals surface area contributed by atoms with Crippen LogP contribution in [0.25, 0.3) is 0 Å². The number of aryl methyl sites for hydroxylation is 1. The van der Waals surface area contributed by atoms with Gasteiger partial charge < -0.3 is 10.4 Å². The second-order valence-electron chi connectivity index (χ2n) is 4.49. The summed E-state index contributed by atoms with van der Waals surface area (Å²) in [6.45, 7) is 3.34. The minimum absolute atomic E-state index is 0.0956. The fraction of sp³-hybridized carbons (Fsp3) is 0.231. The number of benzene rings is 1. The van der Waals surface area contributed by atoms with Gasteiger partial charge in [0, 0.05) is 10.2 Å². The van der Waals surface area contributed by atoms with Crippen LogP contribution in [0.3, 0.4) is 0 Å². The monoisotopic (exact) mass is 352 g/mol. The number of amides is 1. The first-order chi connectivity index (χ1) is 9.88. The molecule has 0 aliphatic heterocycles. The Morgan fingerprint density at radius 1 is 1.38 bits per heavy atom. The lowest BCUT2D eigenvalue weighted by atomic mass is 10.2. The Bertz CT molecular complexity index is 711. The number of nitrogens with one attached hydrogen (secondary N) is 1. The standard InChI is InChI=1S/C13H13BrN4O3/c1-7-5-9(14)3-4-10(7)15-11(19)6-18-8(2)12(13(20)21)16-17-18/h3-5H,6H2,1-2H3,(H,15,19)(H,20,21). The number of rotatable bonds is 4. The summed E-state index contributed by atoms with van der Waals surface area (Å²) in [5, 5.41) is 18.8. The molecule has 1 aromatic heterocycles. The molecule has 0 fully saturated rings. The summed E-state index contributed by atoms with van der Waals surface area (Å²) in [5.41, 5.74) is 1.80. The molecule has 1 aromatic carbocycles. The van der Waals surface area contributed by atoms with Crippen molar-refractivity contribution >= 4 is 33.5 Å². The Morgan fingerprint density at radius 3 is 2.67 bits per heavy atom. The van der Waals surface area contributed by atoms with Crippen LogP contribution in [0.4, 0.5) is 5.69 Å². The van der Waals surface area contributed by atoms with E-state index in [4.69, 9.17) is 5.11 Å². The van der Waals surface area contributed by atoms with Crippen LogP contribution in [0.2, 0.25) is 0 Å². The third kappa shape index (κ3) is 3.46. The van der Waals surface area contributed by atoms with Gasteiger partial charge in [-0.25, -0.2) is 9.48 Å². The van der Waals surface area contributed by atoms with E-state index in [-0.39, 0.29) is 18.1 Å². The molecule has 0 aliphatic rings. The Kier molecular flexibility index (Phi) is 4.37. The smallest absolute Gasteiger partial charge is 0.358 e. The lowest BCUT2D eigenvalue weighted by Gasteiger charge is -2.09. The van der Waals surface area contributed by atoms with Gasteiger partial charge in [0.05, 0.1) is 5.69 Å². The van der Waals surface area contributed by atoms with E-state index in [1.807, 2.05) is 19.1 Å². The minimum Gasteiger partial charge on any atom is -0.476 e. The van der Waals surface area contributed by atoms with Gasteiger partial charge in [0.25, 0.3) is 0 Å². The first-order valence-corrected chi connectivity index (χ1v) is 6.87. The molecule has 1 heterocycles. The van der Waals surface area contributed by atoms with Gasteiger partial charge >= 0.3 is 5.97 Å². The summed E-state index contributed by atoms with van der Waals surface area (Å²) in [4.78, 5) is 22.9. The van der Waals surface area contributed by atoms with E-state index in [9.17, 15) is 9.59 Å². The van der Waals surface area contributed by atoms with E-state index in [1.165, 1.54) is 4.68 Å².